The summed E-state index contributed by atoms with van der Waals surface area (Å²) in [5.74, 6) is 5.69. The molecule has 0 radical (unpaired) electrons. The number of hydrazine groups is 1. The van der Waals surface area contributed by atoms with Crippen molar-refractivity contribution in [3.05, 3.63) is 34.6 Å². The second kappa shape index (κ2) is 6.94. The van der Waals surface area contributed by atoms with E-state index in [4.69, 9.17) is 17.4 Å². The quantitative estimate of drug-likeness (QED) is 0.602. The highest BCUT2D eigenvalue weighted by Gasteiger charge is 2.19. The van der Waals surface area contributed by atoms with Gasteiger partial charge in [-0.3, -0.25) is 11.3 Å². The van der Waals surface area contributed by atoms with E-state index in [9.17, 15) is 4.39 Å². The summed E-state index contributed by atoms with van der Waals surface area (Å²) in [4.78, 5) is 0. The molecule has 0 saturated carbocycles. The van der Waals surface area contributed by atoms with Crippen LogP contribution in [0, 0.1) is 11.7 Å². The summed E-state index contributed by atoms with van der Waals surface area (Å²) in [7, 11) is 0. The largest absolute Gasteiger partial charge is 0.271 e. The average molecular weight is 259 g/mol. The molecule has 1 aromatic rings. The van der Waals surface area contributed by atoms with Crippen molar-refractivity contribution in [3.63, 3.8) is 0 Å². The molecule has 17 heavy (non-hydrogen) atoms. The Morgan fingerprint density at radius 2 is 2.00 bits per heavy atom. The molecule has 1 unspecified atom stereocenters. The number of hydrogen-bond donors (Lipinski definition) is 2. The SMILES string of the molecule is CCC(CC)CC(NN)c1cccc(Cl)c1F. The molecule has 0 heterocycles. The number of halogens is 2. The molecule has 1 rings (SSSR count). The van der Waals surface area contributed by atoms with Crippen LogP contribution < -0.4 is 11.3 Å². The zero-order valence-electron chi connectivity index (χ0n) is 10.3. The fourth-order valence-electron chi connectivity index (χ4n) is 2.03. The first-order valence-electron chi connectivity index (χ1n) is 6.04. The van der Waals surface area contributed by atoms with Gasteiger partial charge in [-0.05, 0) is 18.4 Å². The third-order valence-corrected chi connectivity index (χ3v) is 3.57. The van der Waals surface area contributed by atoms with Crippen molar-refractivity contribution < 1.29 is 4.39 Å². The minimum atomic E-state index is -0.372. The first-order chi connectivity index (χ1) is 8.13. The van der Waals surface area contributed by atoms with Gasteiger partial charge in [0.2, 0.25) is 0 Å². The van der Waals surface area contributed by atoms with Crippen molar-refractivity contribution >= 4 is 11.6 Å². The maximum absolute atomic E-state index is 13.9. The van der Waals surface area contributed by atoms with Gasteiger partial charge in [0.05, 0.1) is 5.02 Å². The van der Waals surface area contributed by atoms with E-state index in [1.807, 2.05) is 0 Å². The van der Waals surface area contributed by atoms with Gasteiger partial charge in [0.1, 0.15) is 5.82 Å². The van der Waals surface area contributed by atoms with E-state index in [1.165, 1.54) is 0 Å². The molecule has 0 aliphatic rings. The van der Waals surface area contributed by atoms with Gasteiger partial charge in [0, 0.05) is 11.6 Å². The lowest BCUT2D eigenvalue weighted by molar-refractivity contribution is 0.367. The Bertz CT molecular complexity index is 353. The lowest BCUT2D eigenvalue weighted by Gasteiger charge is -2.22. The van der Waals surface area contributed by atoms with E-state index >= 15 is 0 Å². The van der Waals surface area contributed by atoms with Crippen LogP contribution in [0.3, 0.4) is 0 Å². The van der Waals surface area contributed by atoms with Gasteiger partial charge in [0.15, 0.2) is 0 Å². The Hall–Kier alpha value is -0.640. The van der Waals surface area contributed by atoms with Gasteiger partial charge in [-0.1, -0.05) is 50.4 Å². The zero-order chi connectivity index (χ0) is 12.8. The van der Waals surface area contributed by atoms with Gasteiger partial charge in [-0.15, -0.1) is 0 Å². The molecular weight excluding hydrogens is 239 g/mol. The molecule has 0 aliphatic carbocycles. The Morgan fingerprint density at radius 3 is 2.53 bits per heavy atom. The summed E-state index contributed by atoms with van der Waals surface area (Å²) in [6.45, 7) is 4.27. The molecular formula is C13H20ClFN2. The van der Waals surface area contributed by atoms with Crippen LogP contribution in [-0.4, -0.2) is 0 Å². The topological polar surface area (TPSA) is 38.0 Å². The normalized spacial score (nSPS) is 13.1. The van der Waals surface area contributed by atoms with E-state index in [0.29, 0.717) is 11.5 Å². The van der Waals surface area contributed by atoms with Crippen LogP contribution in [0.4, 0.5) is 4.39 Å². The molecule has 1 aromatic carbocycles. The molecule has 96 valence electrons. The zero-order valence-corrected chi connectivity index (χ0v) is 11.1. The number of rotatable bonds is 6. The van der Waals surface area contributed by atoms with Gasteiger partial charge >= 0.3 is 0 Å². The van der Waals surface area contributed by atoms with E-state index < -0.39 is 0 Å². The van der Waals surface area contributed by atoms with Crippen LogP contribution >= 0.6 is 11.6 Å². The van der Waals surface area contributed by atoms with Crippen molar-refractivity contribution in [1.82, 2.24) is 5.43 Å². The van der Waals surface area contributed by atoms with Crippen LogP contribution in [0.1, 0.15) is 44.7 Å². The predicted octanol–water partition coefficient (Wildman–Crippen LogP) is 3.81. The van der Waals surface area contributed by atoms with E-state index in [0.717, 1.165) is 19.3 Å². The smallest absolute Gasteiger partial charge is 0.146 e. The molecule has 0 spiro atoms. The first kappa shape index (κ1) is 14.4. The van der Waals surface area contributed by atoms with Crippen LogP contribution in [0.15, 0.2) is 18.2 Å². The third kappa shape index (κ3) is 3.66. The lowest BCUT2D eigenvalue weighted by atomic mass is 9.91. The fraction of sp³-hybridized carbons (Fsp3) is 0.538. The number of nitrogens with one attached hydrogen (secondary N) is 1. The average Bonchev–Trinajstić information content (AvgIpc) is 2.35. The number of benzene rings is 1. The van der Waals surface area contributed by atoms with Crippen molar-refractivity contribution in [3.8, 4) is 0 Å². The van der Waals surface area contributed by atoms with Crippen molar-refractivity contribution in [2.45, 2.75) is 39.2 Å². The second-order valence-corrected chi connectivity index (χ2v) is 4.69. The van der Waals surface area contributed by atoms with Gasteiger partial charge in [0.25, 0.3) is 0 Å². The lowest BCUT2D eigenvalue weighted by Crippen LogP contribution is -2.30. The standard InChI is InChI=1S/C13H20ClFN2/c1-3-9(4-2)8-12(17-16)10-6-5-7-11(14)13(10)15/h5-7,9,12,17H,3-4,8,16H2,1-2H3. The highest BCUT2D eigenvalue weighted by Crippen LogP contribution is 2.29. The van der Waals surface area contributed by atoms with E-state index in [-0.39, 0.29) is 16.9 Å². The van der Waals surface area contributed by atoms with Gasteiger partial charge < -0.3 is 0 Å². The molecule has 0 fully saturated rings. The van der Waals surface area contributed by atoms with E-state index in [2.05, 4.69) is 19.3 Å². The maximum Gasteiger partial charge on any atom is 0.146 e. The minimum Gasteiger partial charge on any atom is -0.271 e. The summed E-state index contributed by atoms with van der Waals surface area (Å²) in [6.07, 6.45) is 2.95. The molecule has 0 amide bonds. The molecule has 2 nitrogen and oxygen atoms in total. The predicted molar refractivity (Wildman–Crippen MR) is 70.2 cm³/mol. The minimum absolute atomic E-state index is 0.146. The molecule has 1 atom stereocenters. The monoisotopic (exact) mass is 258 g/mol. The number of hydrogen-bond acceptors (Lipinski definition) is 2. The van der Waals surface area contributed by atoms with Crippen molar-refractivity contribution in [1.29, 1.82) is 0 Å². The summed E-state index contributed by atoms with van der Waals surface area (Å²) in [6, 6.07) is 4.84. The first-order valence-corrected chi connectivity index (χ1v) is 6.41. The van der Waals surface area contributed by atoms with Crippen LogP contribution in [0.2, 0.25) is 5.02 Å². The molecule has 4 heteroatoms. The van der Waals surface area contributed by atoms with E-state index in [1.54, 1.807) is 18.2 Å². The summed E-state index contributed by atoms with van der Waals surface area (Å²) in [5.41, 5.74) is 3.23. The van der Waals surface area contributed by atoms with Gasteiger partial charge in [-0.25, -0.2) is 4.39 Å². The summed E-state index contributed by atoms with van der Waals surface area (Å²) < 4.78 is 13.9. The Balaban J connectivity index is 2.89. The molecule has 0 aromatic heterocycles. The summed E-state index contributed by atoms with van der Waals surface area (Å²) in [5, 5.41) is 0.146. The van der Waals surface area contributed by atoms with Gasteiger partial charge in [-0.2, -0.15) is 0 Å². The third-order valence-electron chi connectivity index (χ3n) is 3.28. The van der Waals surface area contributed by atoms with Crippen molar-refractivity contribution in [2.75, 3.05) is 0 Å². The second-order valence-electron chi connectivity index (χ2n) is 4.28. The van der Waals surface area contributed by atoms with Crippen molar-refractivity contribution in [2.24, 2.45) is 11.8 Å². The van der Waals surface area contributed by atoms with Crippen LogP contribution in [-0.2, 0) is 0 Å². The number of nitrogens with two attached hydrogens (primary N) is 1. The molecule has 0 aliphatic heterocycles. The highest BCUT2D eigenvalue weighted by molar-refractivity contribution is 6.30. The Morgan fingerprint density at radius 1 is 1.35 bits per heavy atom. The maximum atomic E-state index is 13.9. The molecule has 0 bridgehead atoms. The highest BCUT2D eigenvalue weighted by atomic mass is 35.5. The van der Waals surface area contributed by atoms with Crippen LogP contribution in [0.25, 0.3) is 0 Å². The molecule has 0 saturated heterocycles. The van der Waals surface area contributed by atoms with Crippen LogP contribution in [0.5, 0.6) is 0 Å². The summed E-state index contributed by atoms with van der Waals surface area (Å²) >= 11 is 5.78. The molecule has 3 N–H and O–H groups in total. The fourth-order valence-corrected chi connectivity index (χ4v) is 2.21. The Labute approximate surface area is 107 Å². The Kier molecular flexibility index (Phi) is 5.89.